The molecule has 0 aromatic heterocycles. The summed E-state index contributed by atoms with van der Waals surface area (Å²) in [7, 11) is 1.84. The molecular weight excluding hydrogens is 224 g/mol. The van der Waals surface area contributed by atoms with Gasteiger partial charge in [-0.2, -0.15) is 5.26 Å². The van der Waals surface area contributed by atoms with E-state index in [9.17, 15) is 10.1 Å². The lowest BCUT2D eigenvalue weighted by molar-refractivity contribution is -0.138. The summed E-state index contributed by atoms with van der Waals surface area (Å²) in [6.45, 7) is 5.08. The van der Waals surface area contributed by atoms with Crippen molar-refractivity contribution < 1.29 is 4.79 Å². The van der Waals surface area contributed by atoms with Crippen LogP contribution in [0.4, 0.5) is 0 Å². The van der Waals surface area contributed by atoms with Crippen LogP contribution in [-0.4, -0.2) is 24.4 Å². The van der Waals surface area contributed by atoms with Crippen LogP contribution >= 0.6 is 0 Å². The van der Waals surface area contributed by atoms with Crippen LogP contribution in [0.25, 0.3) is 0 Å². The predicted molar refractivity (Wildman–Crippen MR) is 72.8 cm³/mol. The molecule has 0 N–H and O–H groups in total. The van der Waals surface area contributed by atoms with Crippen LogP contribution in [0.15, 0.2) is 0 Å². The molecule has 18 heavy (non-hydrogen) atoms. The Bertz CT molecular complexity index is 309. The number of nitrogens with zero attached hydrogens (tertiary/aromatic N) is 2. The molecule has 3 nitrogen and oxygen atoms in total. The van der Waals surface area contributed by atoms with Gasteiger partial charge in [0, 0.05) is 13.6 Å². The van der Waals surface area contributed by atoms with Crippen molar-refractivity contribution in [3.8, 4) is 6.07 Å². The summed E-state index contributed by atoms with van der Waals surface area (Å²) in [6.07, 6.45) is 6.83. The second-order valence-electron chi connectivity index (χ2n) is 6.02. The van der Waals surface area contributed by atoms with E-state index < -0.39 is 5.41 Å². The minimum absolute atomic E-state index is 0.0487. The molecule has 0 bridgehead atoms. The fraction of sp³-hybridized carbons (Fsp3) is 0.867. The van der Waals surface area contributed by atoms with Crippen molar-refractivity contribution in [1.29, 1.82) is 5.26 Å². The lowest BCUT2D eigenvalue weighted by Gasteiger charge is -2.29. The van der Waals surface area contributed by atoms with Gasteiger partial charge in [0.25, 0.3) is 0 Å². The zero-order valence-corrected chi connectivity index (χ0v) is 12.0. The summed E-state index contributed by atoms with van der Waals surface area (Å²) in [6, 6.07) is 2.33. The SMILES string of the molecule is CC(C)CCN(C)C(=O)C1(C#N)CCCCCC1. The molecule has 0 radical (unpaired) electrons. The quantitative estimate of drug-likeness (QED) is 0.718. The van der Waals surface area contributed by atoms with E-state index in [1.165, 1.54) is 0 Å². The van der Waals surface area contributed by atoms with Gasteiger partial charge in [0.1, 0.15) is 5.41 Å². The molecule has 1 saturated carbocycles. The Kier molecular flexibility index (Phi) is 5.65. The summed E-state index contributed by atoms with van der Waals surface area (Å²) in [4.78, 5) is 14.3. The molecular formula is C15H26N2O. The number of carbonyl (C=O) groups excluding carboxylic acids is 1. The lowest BCUT2D eigenvalue weighted by Crippen LogP contribution is -2.41. The van der Waals surface area contributed by atoms with Crippen LogP contribution in [0, 0.1) is 22.7 Å². The summed E-state index contributed by atoms with van der Waals surface area (Å²) in [5.74, 6) is 0.639. The van der Waals surface area contributed by atoms with E-state index in [0.717, 1.165) is 51.5 Å². The second kappa shape index (κ2) is 6.78. The fourth-order valence-electron chi connectivity index (χ4n) is 2.62. The molecule has 0 aromatic carbocycles. The maximum Gasteiger partial charge on any atom is 0.242 e. The first-order valence-corrected chi connectivity index (χ1v) is 7.18. The minimum Gasteiger partial charge on any atom is -0.344 e. The molecule has 0 saturated heterocycles. The van der Waals surface area contributed by atoms with Crippen molar-refractivity contribution in [1.82, 2.24) is 4.90 Å². The highest BCUT2D eigenvalue weighted by Gasteiger charge is 2.40. The van der Waals surface area contributed by atoms with Gasteiger partial charge in [0.2, 0.25) is 5.91 Å². The third kappa shape index (κ3) is 3.73. The Morgan fingerprint density at radius 3 is 2.28 bits per heavy atom. The predicted octanol–water partition coefficient (Wildman–Crippen LogP) is 3.36. The van der Waals surface area contributed by atoms with Crippen molar-refractivity contribution in [2.75, 3.05) is 13.6 Å². The van der Waals surface area contributed by atoms with Crippen molar-refractivity contribution in [2.45, 2.75) is 58.8 Å². The smallest absolute Gasteiger partial charge is 0.242 e. The maximum absolute atomic E-state index is 12.5. The maximum atomic E-state index is 12.5. The first kappa shape index (κ1) is 15.0. The Morgan fingerprint density at radius 1 is 1.28 bits per heavy atom. The molecule has 1 rings (SSSR count). The summed E-state index contributed by atoms with van der Waals surface area (Å²) in [5.41, 5.74) is -0.734. The molecule has 0 unspecified atom stereocenters. The molecule has 102 valence electrons. The summed E-state index contributed by atoms with van der Waals surface area (Å²) < 4.78 is 0. The zero-order valence-electron chi connectivity index (χ0n) is 12.0. The molecule has 0 atom stereocenters. The van der Waals surface area contributed by atoms with Gasteiger partial charge in [-0.15, -0.1) is 0 Å². The van der Waals surface area contributed by atoms with E-state index in [4.69, 9.17) is 0 Å². The Morgan fingerprint density at radius 2 is 1.83 bits per heavy atom. The molecule has 1 aliphatic rings. The molecule has 0 spiro atoms. The van der Waals surface area contributed by atoms with Crippen molar-refractivity contribution in [3.05, 3.63) is 0 Å². The molecule has 3 heteroatoms. The molecule has 1 aliphatic carbocycles. The first-order valence-electron chi connectivity index (χ1n) is 7.18. The number of nitriles is 1. The zero-order chi connectivity index (χ0) is 13.6. The highest BCUT2D eigenvalue weighted by molar-refractivity contribution is 5.85. The summed E-state index contributed by atoms with van der Waals surface area (Å²) >= 11 is 0. The molecule has 0 aliphatic heterocycles. The van der Waals surface area contributed by atoms with E-state index in [2.05, 4.69) is 19.9 Å². The standard InChI is InChI=1S/C15H26N2O/c1-13(2)8-11-17(3)14(18)15(12-16)9-6-4-5-7-10-15/h13H,4-11H2,1-3H3. The van der Waals surface area contributed by atoms with Crippen LogP contribution in [0.3, 0.4) is 0 Å². The Hall–Kier alpha value is -1.04. The van der Waals surface area contributed by atoms with Crippen LogP contribution < -0.4 is 0 Å². The topological polar surface area (TPSA) is 44.1 Å². The average Bonchev–Trinajstić information content (AvgIpc) is 2.61. The third-order valence-corrected chi connectivity index (χ3v) is 3.97. The van der Waals surface area contributed by atoms with Gasteiger partial charge in [-0.05, 0) is 25.2 Å². The van der Waals surface area contributed by atoms with Crippen molar-refractivity contribution in [2.24, 2.45) is 11.3 Å². The summed E-state index contributed by atoms with van der Waals surface area (Å²) in [5, 5.41) is 9.47. The number of rotatable bonds is 4. The average molecular weight is 250 g/mol. The van der Waals surface area contributed by atoms with E-state index in [-0.39, 0.29) is 5.91 Å². The van der Waals surface area contributed by atoms with Gasteiger partial charge >= 0.3 is 0 Å². The van der Waals surface area contributed by atoms with Crippen LogP contribution in [0.5, 0.6) is 0 Å². The van der Waals surface area contributed by atoms with E-state index in [1.807, 2.05) is 7.05 Å². The van der Waals surface area contributed by atoms with E-state index >= 15 is 0 Å². The van der Waals surface area contributed by atoms with Gasteiger partial charge in [-0.25, -0.2) is 0 Å². The van der Waals surface area contributed by atoms with Gasteiger partial charge in [-0.1, -0.05) is 39.5 Å². The largest absolute Gasteiger partial charge is 0.344 e. The highest BCUT2D eigenvalue weighted by atomic mass is 16.2. The number of hydrogen-bond donors (Lipinski definition) is 0. The number of hydrogen-bond acceptors (Lipinski definition) is 2. The van der Waals surface area contributed by atoms with Crippen LogP contribution in [0.1, 0.15) is 58.8 Å². The fourth-order valence-corrected chi connectivity index (χ4v) is 2.62. The first-order chi connectivity index (χ1) is 8.52. The molecule has 0 aromatic rings. The van der Waals surface area contributed by atoms with E-state index in [0.29, 0.717) is 5.92 Å². The lowest BCUT2D eigenvalue weighted by atomic mass is 9.80. The van der Waals surface area contributed by atoms with Gasteiger partial charge in [-0.3, -0.25) is 4.79 Å². The number of carbonyl (C=O) groups is 1. The number of amides is 1. The second-order valence-corrected chi connectivity index (χ2v) is 6.02. The van der Waals surface area contributed by atoms with Crippen LogP contribution in [-0.2, 0) is 4.79 Å². The monoisotopic (exact) mass is 250 g/mol. The highest BCUT2D eigenvalue weighted by Crippen LogP contribution is 2.36. The Labute approximate surface area is 111 Å². The van der Waals surface area contributed by atoms with E-state index in [1.54, 1.807) is 4.90 Å². The Balaban J connectivity index is 2.68. The molecule has 0 heterocycles. The van der Waals surface area contributed by atoms with Crippen molar-refractivity contribution >= 4 is 5.91 Å². The van der Waals surface area contributed by atoms with Gasteiger partial charge in [0.15, 0.2) is 0 Å². The van der Waals surface area contributed by atoms with Gasteiger partial charge in [0.05, 0.1) is 6.07 Å². The molecule has 1 amide bonds. The van der Waals surface area contributed by atoms with Gasteiger partial charge < -0.3 is 4.90 Å². The minimum atomic E-state index is -0.734. The van der Waals surface area contributed by atoms with Crippen LogP contribution in [0.2, 0.25) is 0 Å². The normalized spacial score (nSPS) is 19.1. The third-order valence-electron chi connectivity index (χ3n) is 3.97. The van der Waals surface area contributed by atoms with Crippen molar-refractivity contribution in [3.63, 3.8) is 0 Å². The molecule has 1 fully saturated rings.